The molecule has 0 spiro atoms. The van der Waals surface area contributed by atoms with Crippen molar-refractivity contribution in [2.75, 3.05) is 23.8 Å². The molecule has 0 bridgehead atoms. The predicted octanol–water partition coefficient (Wildman–Crippen LogP) is 2.36. The molecule has 8 heteroatoms. The third kappa shape index (κ3) is 5.28. The molecule has 0 saturated carbocycles. The highest BCUT2D eigenvalue weighted by Gasteiger charge is 2.24. The molecule has 0 radical (unpaired) electrons. The van der Waals surface area contributed by atoms with Gasteiger partial charge in [0.1, 0.15) is 11.6 Å². The number of nitrogens with zero attached hydrogens (tertiary/aromatic N) is 2. The Balaban J connectivity index is 2.32. The number of benzene rings is 1. The highest BCUT2D eigenvalue weighted by atomic mass is 16.5. The lowest BCUT2D eigenvalue weighted by Gasteiger charge is -2.24. The van der Waals surface area contributed by atoms with E-state index in [1.807, 2.05) is 39.8 Å². The molecule has 8 nitrogen and oxygen atoms in total. The first-order valence-electron chi connectivity index (χ1n) is 9.93. The van der Waals surface area contributed by atoms with Crippen LogP contribution in [0.25, 0.3) is 0 Å². The van der Waals surface area contributed by atoms with Crippen molar-refractivity contribution < 1.29 is 9.53 Å². The quantitative estimate of drug-likeness (QED) is 0.669. The maximum absolute atomic E-state index is 12.9. The largest absolute Gasteiger partial charge is 0.484 e. The highest BCUT2D eigenvalue weighted by molar-refractivity contribution is 5.96. The number of rotatable bonds is 9. The zero-order chi connectivity index (χ0) is 21.6. The Morgan fingerprint density at radius 1 is 1.17 bits per heavy atom. The number of nitrogens with one attached hydrogen (secondary N) is 1. The Kier molecular flexibility index (Phi) is 7.64. The third-order valence-corrected chi connectivity index (χ3v) is 4.81. The second-order valence-corrected chi connectivity index (χ2v) is 7.08. The van der Waals surface area contributed by atoms with Crippen LogP contribution in [-0.2, 0) is 11.3 Å². The van der Waals surface area contributed by atoms with Gasteiger partial charge in [-0.25, -0.2) is 4.79 Å². The Bertz CT molecular complexity index is 978. The summed E-state index contributed by atoms with van der Waals surface area (Å²) in [6.45, 7) is 8.26. The number of hydrogen-bond acceptors (Lipinski definition) is 5. The van der Waals surface area contributed by atoms with E-state index in [1.165, 1.54) is 9.47 Å². The second kappa shape index (κ2) is 9.95. The first-order chi connectivity index (χ1) is 13.8. The summed E-state index contributed by atoms with van der Waals surface area (Å²) < 4.78 is 6.94. The second-order valence-electron chi connectivity index (χ2n) is 7.08. The smallest absolute Gasteiger partial charge is 0.330 e. The van der Waals surface area contributed by atoms with Gasteiger partial charge in [-0.05, 0) is 49.9 Å². The normalized spacial score (nSPS) is 10.8. The van der Waals surface area contributed by atoms with E-state index in [1.54, 1.807) is 6.07 Å². The van der Waals surface area contributed by atoms with Crippen LogP contribution in [0.1, 0.15) is 44.2 Å². The molecular weight excluding hydrogens is 372 g/mol. The zero-order valence-electron chi connectivity index (χ0n) is 17.6. The molecule has 0 aliphatic rings. The standard InChI is InChI=1S/C21H30N4O4/c1-5-7-11-25-19(22)18(20(27)23-21(25)28)24(10-6-2)17(26)13-29-16-9-8-14(3)15(4)12-16/h8-9,12H,5-7,10-11,13,22H2,1-4H3,(H,23,27,28). The van der Waals surface area contributed by atoms with Crippen LogP contribution < -0.4 is 26.6 Å². The number of carbonyl (C=O) groups is 1. The molecule has 0 saturated heterocycles. The van der Waals surface area contributed by atoms with Crippen molar-refractivity contribution >= 4 is 17.4 Å². The van der Waals surface area contributed by atoms with Gasteiger partial charge in [0.05, 0.1) is 0 Å². The van der Waals surface area contributed by atoms with Gasteiger partial charge in [-0.15, -0.1) is 0 Å². The van der Waals surface area contributed by atoms with E-state index >= 15 is 0 Å². The van der Waals surface area contributed by atoms with Gasteiger partial charge in [-0.2, -0.15) is 0 Å². The molecule has 158 valence electrons. The molecule has 0 unspecified atom stereocenters. The average Bonchev–Trinajstić information content (AvgIpc) is 2.67. The van der Waals surface area contributed by atoms with E-state index in [4.69, 9.17) is 10.5 Å². The van der Waals surface area contributed by atoms with Crippen LogP contribution in [0.4, 0.5) is 11.5 Å². The van der Waals surface area contributed by atoms with E-state index in [0.29, 0.717) is 18.7 Å². The maximum Gasteiger partial charge on any atom is 0.330 e. The molecule has 3 N–H and O–H groups in total. The number of amides is 1. The van der Waals surface area contributed by atoms with Crippen LogP contribution in [0, 0.1) is 13.8 Å². The molecule has 1 aromatic heterocycles. The van der Waals surface area contributed by atoms with Crippen molar-refractivity contribution in [1.82, 2.24) is 9.55 Å². The van der Waals surface area contributed by atoms with Gasteiger partial charge in [0.15, 0.2) is 12.3 Å². The first kappa shape index (κ1) is 22.3. The number of aryl methyl sites for hydroxylation is 2. The topological polar surface area (TPSA) is 110 Å². The molecular formula is C21H30N4O4. The van der Waals surface area contributed by atoms with E-state index in [0.717, 1.165) is 24.0 Å². The van der Waals surface area contributed by atoms with Crippen molar-refractivity contribution in [3.63, 3.8) is 0 Å². The van der Waals surface area contributed by atoms with Gasteiger partial charge in [0.2, 0.25) is 0 Å². The predicted molar refractivity (Wildman–Crippen MR) is 115 cm³/mol. The van der Waals surface area contributed by atoms with Gasteiger partial charge in [-0.3, -0.25) is 19.1 Å². The monoisotopic (exact) mass is 402 g/mol. The summed E-state index contributed by atoms with van der Waals surface area (Å²) >= 11 is 0. The van der Waals surface area contributed by atoms with E-state index in [9.17, 15) is 14.4 Å². The Morgan fingerprint density at radius 3 is 2.52 bits per heavy atom. The molecule has 0 aliphatic heterocycles. The number of anilines is 2. The van der Waals surface area contributed by atoms with Crippen molar-refractivity contribution in [2.45, 2.75) is 53.5 Å². The molecule has 1 amide bonds. The highest BCUT2D eigenvalue weighted by Crippen LogP contribution is 2.20. The van der Waals surface area contributed by atoms with Crippen LogP contribution in [0.3, 0.4) is 0 Å². The lowest BCUT2D eigenvalue weighted by Crippen LogP contribution is -2.43. The number of aromatic amines is 1. The summed E-state index contributed by atoms with van der Waals surface area (Å²) in [5.41, 5.74) is 7.09. The summed E-state index contributed by atoms with van der Waals surface area (Å²) in [6.07, 6.45) is 2.21. The number of carbonyl (C=O) groups excluding carboxylic acids is 1. The summed E-state index contributed by atoms with van der Waals surface area (Å²) in [5, 5.41) is 0. The van der Waals surface area contributed by atoms with Crippen molar-refractivity contribution in [1.29, 1.82) is 0 Å². The third-order valence-electron chi connectivity index (χ3n) is 4.81. The molecule has 0 aliphatic carbocycles. The molecule has 29 heavy (non-hydrogen) atoms. The van der Waals surface area contributed by atoms with Gasteiger partial charge >= 0.3 is 5.69 Å². The van der Waals surface area contributed by atoms with E-state index in [2.05, 4.69) is 4.98 Å². The SMILES string of the molecule is CCCCn1c(N)c(N(CCC)C(=O)COc2ccc(C)c(C)c2)c(=O)[nH]c1=O. The minimum Gasteiger partial charge on any atom is -0.484 e. The lowest BCUT2D eigenvalue weighted by atomic mass is 10.1. The number of nitrogens with two attached hydrogens (primary N) is 1. The molecule has 1 aromatic carbocycles. The molecule has 0 atom stereocenters. The minimum atomic E-state index is -0.673. The number of nitrogen functional groups attached to an aromatic ring is 1. The van der Waals surface area contributed by atoms with Crippen LogP contribution in [0.15, 0.2) is 27.8 Å². The fourth-order valence-corrected chi connectivity index (χ4v) is 2.99. The number of ether oxygens (including phenoxy) is 1. The summed E-state index contributed by atoms with van der Waals surface area (Å²) in [7, 11) is 0. The minimum absolute atomic E-state index is 0.000167. The molecule has 0 fully saturated rings. The Labute approximate surface area is 170 Å². The van der Waals surface area contributed by atoms with Crippen LogP contribution in [-0.4, -0.2) is 28.6 Å². The Hall–Kier alpha value is -3.03. The number of H-pyrrole nitrogens is 1. The van der Waals surface area contributed by atoms with Gasteiger partial charge < -0.3 is 15.4 Å². The number of aromatic nitrogens is 2. The van der Waals surface area contributed by atoms with Crippen molar-refractivity contribution in [3.05, 3.63) is 50.2 Å². The van der Waals surface area contributed by atoms with E-state index < -0.39 is 17.2 Å². The lowest BCUT2D eigenvalue weighted by molar-refractivity contribution is -0.120. The molecule has 1 heterocycles. The van der Waals surface area contributed by atoms with Gasteiger partial charge in [-0.1, -0.05) is 26.3 Å². The summed E-state index contributed by atoms with van der Waals surface area (Å²) in [5.74, 6) is 0.177. The molecule has 2 aromatic rings. The maximum atomic E-state index is 12.9. The van der Waals surface area contributed by atoms with E-state index in [-0.39, 0.29) is 24.7 Å². The van der Waals surface area contributed by atoms with Crippen LogP contribution >= 0.6 is 0 Å². The van der Waals surface area contributed by atoms with Crippen LogP contribution in [0.2, 0.25) is 0 Å². The zero-order valence-corrected chi connectivity index (χ0v) is 17.6. The van der Waals surface area contributed by atoms with Crippen LogP contribution in [0.5, 0.6) is 5.75 Å². The number of unbranched alkanes of at least 4 members (excludes halogenated alkanes) is 1. The van der Waals surface area contributed by atoms with Crippen molar-refractivity contribution in [2.24, 2.45) is 0 Å². The average molecular weight is 402 g/mol. The Morgan fingerprint density at radius 2 is 1.90 bits per heavy atom. The fraction of sp³-hybridized carbons (Fsp3) is 0.476. The summed E-state index contributed by atoms with van der Waals surface area (Å²) in [4.78, 5) is 41.1. The summed E-state index contributed by atoms with van der Waals surface area (Å²) in [6, 6.07) is 5.58. The van der Waals surface area contributed by atoms with Gasteiger partial charge in [0, 0.05) is 13.1 Å². The first-order valence-corrected chi connectivity index (χ1v) is 9.93. The van der Waals surface area contributed by atoms with Crippen molar-refractivity contribution in [3.8, 4) is 5.75 Å². The van der Waals surface area contributed by atoms with Gasteiger partial charge in [0.25, 0.3) is 11.5 Å². The molecule has 2 rings (SSSR count). The fourth-order valence-electron chi connectivity index (χ4n) is 2.99. The number of hydrogen-bond donors (Lipinski definition) is 2.